The third kappa shape index (κ3) is 9.45. The van der Waals surface area contributed by atoms with Crippen LogP contribution in [0.4, 0.5) is 10.5 Å². The van der Waals surface area contributed by atoms with Gasteiger partial charge in [-0.15, -0.1) is 0 Å². The van der Waals surface area contributed by atoms with Gasteiger partial charge in [-0.2, -0.15) is 5.48 Å². The zero-order valence-corrected chi connectivity index (χ0v) is 14.0. The Morgan fingerprint density at radius 1 is 0.917 bits per heavy atom. The van der Waals surface area contributed by atoms with Crippen molar-refractivity contribution in [1.29, 1.82) is 0 Å². The van der Waals surface area contributed by atoms with Crippen LogP contribution in [0.2, 0.25) is 0 Å². The minimum Gasteiger partial charge on any atom is -0.326 e. The quantitative estimate of drug-likeness (QED) is 0.477. The molecular weight excluding hydrogens is 310 g/mol. The maximum atomic E-state index is 11.7. The minimum absolute atomic E-state index is 0.00530. The van der Waals surface area contributed by atoms with Crippen LogP contribution in [-0.4, -0.2) is 24.5 Å². The van der Waals surface area contributed by atoms with Gasteiger partial charge in [0, 0.05) is 25.1 Å². The molecule has 0 saturated heterocycles. The first-order chi connectivity index (χ1) is 11.6. The Morgan fingerprint density at radius 3 is 2.17 bits per heavy atom. The number of unbranched alkanes of at least 4 members (excludes halogenated alkanes) is 3. The molecule has 0 fully saturated rings. The second-order valence-corrected chi connectivity index (χ2v) is 5.27. The lowest BCUT2D eigenvalue weighted by molar-refractivity contribution is -0.129. The van der Waals surface area contributed by atoms with Gasteiger partial charge < -0.3 is 15.5 Å². The summed E-state index contributed by atoms with van der Waals surface area (Å²) in [6.45, 7) is 2.19. The first-order valence-electron chi connectivity index (χ1n) is 8.20. The molecule has 0 saturated carbocycles. The van der Waals surface area contributed by atoms with E-state index < -0.39 is 6.09 Å². The largest absolute Gasteiger partial charge is 0.431 e. The number of carbonyl (C=O) groups is 3. The van der Waals surface area contributed by atoms with Crippen LogP contribution in [0.5, 0.6) is 0 Å². The van der Waals surface area contributed by atoms with Gasteiger partial charge in [-0.05, 0) is 31.9 Å². The van der Waals surface area contributed by atoms with Gasteiger partial charge in [0.1, 0.15) is 0 Å². The van der Waals surface area contributed by atoms with E-state index in [2.05, 4.69) is 21.0 Å². The van der Waals surface area contributed by atoms with E-state index in [0.29, 0.717) is 19.4 Å². The molecule has 132 valence electrons. The number of carbonyl (C=O) groups excluding carboxylic acids is 3. The number of para-hydroxylation sites is 1. The second-order valence-electron chi connectivity index (χ2n) is 5.27. The monoisotopic (exact) mass is 335 g/mol. The molecule has 0 heterocycles. The van der Waals surface area contributed by atoms with E-state index in [0.717, 1.165) is 24.9 Å². The third-order valence-electron chi connectivity index (χ3n) is 3.19. The van der Waals surface area contributed by atoms with E-state index in [4.69, 9.17) is 0 Å². The maximum Gasteiger partial charge on any atom is 0.431 e. The Labute approximate surface area is 142 Å². The van der Waals surface area contributed by atoms with Crippen molar-refractivity contribution in [2.75, 3.05) is 11.9 Å². The summed E-state index contributed by atoms with van der Waals surface area (Å²) in [6, 6.07) is 9.33. The van der Waals surface area contributed by atoms with Gasteiger partial charge in [0.2, 0.25) is 5.91 Å². The predicted molar refractivity (Wildman–Crippen MR) is 91.1 cm³/mol. The molecule has 0 unspecified atom stereocenters. The van der Waals surface area contributed by atoms with Crippen LogP contribution in [0.3, 0.4) is 0 Å². The molecule has 0 atom stereocenters. The van der Waals surface area contributed by atoms with Crippen LogP contribution < -0.4 is 16.1 Å². The summed E-state index contributed by atoms with van der Waals surface area (Å²) in [6.07, 6.45) is 3.24. The van der Waals surface area contributed by atoms with E-state index in [9.17, 15) is 14.4 Å². The highest BCUT2D eigenvalue weighted by atomic mass is 16.7. The molecule has 1 rings (SSSR count). The zero-order valence-electron chi connectivity index (χ0n) is 14.0. The topological polar surface area (TPSA) is 96.5 Å². The SMILES string of the molecule is CCNC(=O)ONC(=O)CCCCCCC(=O)Nc1ccccc1. The molecule has 1 aromatic rings. The average molecular weight is 335 g/mol. The molecule has 3 N–H and O–H groups in total. The first kappa shape index (κ1) is 19.5. The fourth-order valence-corrected chi connectivity index (χ4v) is 2.00. The van der Waals surface area contributed by atoms with Crippen molar-refractivity contribution >= 4 is 23.6 Å². The maximum absolute atomic E-state index is 11.7. The lowest BCUT2D eigenvalue weighted by Gasteiger charge is -2.06. The number of hydrogen-bond donors (Lipinski definition) is 3. The molecule has 0 spiro atoms. The van der Waals surface area contributed by atoms with Crippen LogP contribution in [0, 0.1) is 0 Å². The molecule has 3 amide bonds. The zero-order chi connectivity index (χ0) is 17.6. The predicted octanol–water partition coefficient (Wildman–Crippen LogP) is 2.74. The molecule has 0 bridgehead atoms. The molecule has 0 aliphatic rings. The van der Waals surface area contributed by atoms with Crippen molar-refractivity contribution in [2.24, 2.45) is 0 Å². The van der Waals surface area contributed by atoms with Crippen molar-refractivity contribution in [3.05, 3.63) is 30.3 Å². The minimum atomic E-state index is -0.671. The van der Waals surface area contributed by atoms with Crippen LogP contribution in [-0.2, 0) is 14.4 Å². The molecule has 7 heteroatoms. The van der Waals surface area contributed by atoms with Gasteiger partial charge >= 0.3 is 6.09 Å². The summed E-state index contributed by atoms with van der Waals surface area (Å²) in [5, 5.41) is 5.23. The Kier molecular flexibility index (Phi) is 9.68. The molecule has 0 aromatic heterocycles. The van der Waals surface area contributed by atoms with Crippen molar-refractivity contribution in [3.63, 3.8) is 0 Å². The highest BCUT2D eigenvalue weighted by molar-refractivity contribution is 5.90. The molecule has 24 heavy (non-hydrogen) atoms. The summed E-state index contributed by atoms with van der Waals surface area (Å²) in [5.74, 6) is -0.336. The lowest BCUT2D eigenvalue weighted by Crippen LogP contribution is -2.33. The van der Waals surface area contributed by atoms with E-state index in [1.54, 1.807) is 6.92 Å². The molecular formula is C17H25N3O4. The van der Waals surface area contributed by atoms with Crippen LogP contribution >= 0.6 is 0 Å². The standard InChI is InChI=1S/C17H25N3O4/c1-2-18-17(23)24-20-16(22)13-9-4-3-8-12-15(21)19-14-10-6-5-7-11-14/h5-7,10-11H,2-4,8-9,12-13H2,1H3,(H,18,23)(H,19,21)(H,20,22). The first-order valence-corrected chi connectivity index (χ1v) is 8.20. The number of rotatable bonds is 9. The fraction of sp³-hybridized carbons (Fsp3) is 0.471. The van der Waals surface area contributed by atoms with Gasteiger partial charge in [0.15, 0.2) is 0 Å². The number of amides is 3. The van der Waals surface area contributed by atoms with Gasteiger partial charge in [-0.3, -0.25) is 9.59 Å². The third-order valence-corrected chi connectivity index (χ3v) is 3.19. The summed E-state index contributed by atoms with van der Waals surface area (Å²) in [4.78, 5) is 38.6. The number of benzene rings is 1. The average Bonchev–Trinajstić information content (AvgIpc) is 2.57. The summed E-state index contributed by atoms with van der Waals surface area (Å²) in [5.41, 5.74) is 2.89. The van der Waals surface area contributed by atoms with Gasteiger partial charge in [-0.1, -0.05) is 31.0 Å². The van der Waals surface area contributed by atoms with E-state index in [1.165, 1.54) is 0 Å². The van der Waals surface area contributed by atoms with Crippen LogP contribution in [0.15, 0.2) is 30.3 Å². The highest BCUT2D eigenvalue weighted by Crippen LogP contribution is 2.09. The Hall–Kier alpha value is -2.57. The van der Waals surface area contributed by atoms with E-state index in [1.807, 2.05) is 30.3 Å². The smallest absolute Gasteiger partial charge is 0.326 e. The number of nitrogens with one attached hydrogen (secondary N) is 3. The molecule has 1 aromatic carbocycles. The van der Waals surface area contributed by atoms with Crippen molar-refractivity contribution in [3.8, 4) is 0 Å². The summed E-state index contributed by atoms with van der Waals surface area (Å²) >= 11 is 0. The normalized spacial score (nSPS) is 9.88. The number of hydrogen-bond acceptors (Lipinski definition) is 4. The molecule has 0 radical (unpaired) electrons. The van der Waals surface area contributed by atoms with Gasteiger partial charge in [0.05, 0.1) is 0 Å². The summed E-state index contributed by atoms with van der Waals surface area (Å²) < 4.78 is 0. The second kappa shape index (κ2) is 11.9. The lowest BCUT2D eigenvalue weighted by atomic mass is 10.1. The fourth-order valence-electron chi connectivity index (χ4n) is 2.00. The highest BCUT2D eigenvalue weighted by Gasteiger charge is 2.06. The Balaban J connectivity index is 1.99. The molecule has 7 nitrogen and oxygen atoms in total. The van der Waals surface area contributed by atoms with E-state index in [-0.39, 0.29) is 18.2 Å². The van der Waals surface area contributed by atoms with Crippen LogP contribution in [0.1, 0.15) is 45.4 Å². The van der Waals surface area contributed by atoms with Crippen molar-refractivity contribution < 1.29 is 19.2 Å². The van der Waals surface area contributed by atoms with Gasteiger partial charge in [-0.25, -0.2) is 4.79 Å². The van der Waals surface area contributed by atoms with Gasteiger partial charge in [0.25, 0.3) is 5.91 Å². The summed E-state index contributed by atoms with van der Waals surface area (Å²) in [7, 11) is 0. The Bertz CT molecular complexity index is 520. The molecule has 0 aliphatic carbocycles. The van der Waals surface area contributed by atoms with E-state index >= 15 is 0 Å². The number of hydroxylamine groups is 1. The van der Waals surface area contributed by atoms with Crippen LogP contribution in [0.25, 0.3) is 0 Å². The van der Waals surface area contributed by atoms with Crippen molar-refractivity contribution in [1.82, 2.24) is 10.8 Å². The number of anilines is 1. The van der Waals surface area contributed by atoms with Crippen molar-refractivity contribution in [2.45, 2.75) is 45.4 Å². The molecule has 0 aliphatic heterocycles. The Morgan fingerprint density at radius 2 is 1.54 bits per heavy atom.